The Labute approximate surface area is 115 Å². The summed E-state index contributed by atoms with van der Waals surface area (Å²) in [6, 6.07) is 0. The van der Waals surface area contributed by atoms with Crippen LogP contribution in [0.15, 0.2) is 5.38 Å². The van der Waals surface area contributed by atoms with Crippen LogP contribution in [0, 0.1) is 0 Å². The van der Waals surface area contributed by atoms with Gasteiger partial charge in [-0.05, 0) is 12.8 Å². The molecule has 1 aliphatic rings. The first-order chi connectivity index (χ1) is 9.20. The number of amides is 2. The Morgan fingerprint density at radius 2 is 2.47 bits per heavy atom. The number of hydrogen-bond donors (Lipinski definition) is 1. The summed E-state index contributed by atoms with van der Waals surface area (Å²) in [7, 11) is 0. The van der Waals surface area contributed by atoms with Crippen LogP contribution in [0.4, 0.5) is 15.7 Å². The number of ether oxygens (including phenoxy) is 1. The molecular formula is C12H17N3O3S. The van der Waals surface area contributed by atoms with Crippen molar-refractivity contribution in [1.29, 1.82) is 0 Å². The van der Waals surface area contributed by atoms with Crippen molar-refractivity contribution in [3.63, 3.8) is 0 Å². The van der Waals surface area contributed by atoms with Crippen molar-refractivity contribution >= 4 is 34.3 Å². The molecule has 0 aliphatic carbocycles. The lowest BCUT2D eigenvalue weighted by molar-refractivity contribution is -0.117. The third kappa shape index (κ3) is 3.66. The highest BCUT2D eigenvalue weighted by atomic mass is 32.1. The monoisotopic (exact) mass is 283 g/mol. The van der Waals surface area contributed by atoms with E-state index in [0.717, 1.165) is 19.3 Å². The summed E-state index contributed by atoms with van der Waals surface area (Å²) in [4.78, 5) is 28.9. The number of nitrogens with one attached hydrogen (secondary N) is 1. The number of anilines is 2. The third-order valence-electron chi connectivity index (χ3n) is 2.78. The van der Waals surface area contributed by atoms with Gasteiger partial charge in [0.05, 0.1) is 6.61 Å². The largest absolute Gasteiger partial charge is 0.449 e. The zero-order valence-electron chi connectivity index (χ0n) is 10.8. The lowest BCUT2D eigenvalue weighted by Crippen LogP contribution is -2.24. The molecule has 1 aliphatic heterocycles. The molecule has 1 aromatic heterocycles. The van der Waals surface area contributed by atoms with Crippen molar-refractivity contribution in [3.05, 3.63) is 5.38 Å². The molecule has 2 rings (SSSR count). The molecule has 0 unspecified atom stereocenters. The highest BCUT2D eigenvalue weighted by Crippen LogP contribution is 2.26. The molecule has 0 atom stereocenters. The Balaban J connectivity index is 1.87. The molecule has 104 valence electrons. The Hall–Kier alpha value is -1.63. The average Bonchev–Trinajstić information content (AvgIpc) is 2.98. The Kier molecular flexibility index (Phi) is 4.73. The number of unbranched alkanes of at least 4 members (excludes halogenated alkanes) is 1. The number of aromatic nitrogens is 1. The minimum absolute atomic E-state index is 0.0855. The molecule has 2 heterocycles. The third-order valence-corrected chi connectivity index (χ3v) is 3.53. The van der Waals surface area contributed by atoms with Crippen LogP contribution in [0.25, 0.3) is 0 Å². The second-order valence-electron chi connectivity index (χ2n) is 4.27. The van der Waals surface area contributed by atoms with Gasteiger partial charge in [-0.1, -0.05) is 13.3 Å². The lowest BCUT2D eigenvalue weighted by Gasteiger charge is -2.10. The predicted molar refractivity (Wildman–Crippen MR) is 73.6 cm³/mol. The van der Waals surface area contributed by atoms with E-state index in [1.165, 1.54) is 11.3 Å². The maximum atomic E-state index is 11.6. The maximum Gasteiger partial charge on any atom is 0.413 e. The minimum Gasteiger partial charge on any atom is -0.449 e. The second-order valence-corrected chi connectivity index (χ2v) is 5.13. The number of rotatable bonds is 5. The van der Waals surface area contributed by atoms with Crippen LogP contribution in [0.2, 0.25) is 0 Å². The van der Waals surface area contributed by atoms with E-state index in [-0.39, 0.29) is 5.91 Å². The normalized spacial score (nSPS) is 14.8. The van der Waals surface area contributed by atoms with E-state index < -0.39 is 6.09 Å². The number of nitrogens with zero attached hydrogens (tertiary/aromatic N) is 2. The molecule has 2 amide bonds. The molecule has 7 heteroatoms. The van der Waals surface area contributed by atoms with Crippen LogP contribution in [-0.4, -0.2) is 30.1 Å². The Morgan fingerprint density at radius 3 is 3.16 bits per heavy atom. The molecule has 1 N–H and O–H groups in total. The Morgan fingerprint density at radius 1 is 1.63 bits per heavy atom. The molecule has 0 saturated carbocycles. The number of carbonyl (C=O) groups is 2. The standard InChI is InChI=1S/C12H17N3O3S/c1-2-3-7-18-12(17)14-11-13-9(8-19-11)15-6-4-5-10(15)16/h8H,2-7H2,1H3,(H,13,14,17). The van der Waals surface area contributed by atoms with Gasteiger partial charge in [0.15, 0.2) is 5.13 Å². The first kappa shape index (κ1) is 13.8. The van der Waals surface area contributed by atoms with Gasteiger partial charge in [-0.3, -0.25) is 15.0 Å². The van der Waals surface area contributed by atoms with Gasteiger partial charge >= 0.3 is 6.09 Å². The molecule has 0 bridgehead atoms. The summed E-state index contributed by atoms with van der Waals surface area (Å²) in [5.74, 6) is 0.693. The zero-order chi connectivity index (χ0) is 13.7. The van der Waals surface area contributed by atoms with Crippen molar-refractivity contribution < 1.29 is 14.3 Å². The summed E-state index contributed by atoms with van der Waals surface area (Å²) in [5, 5.41) is 4.79. The van der Waals surface area contributed by atoms with Crippen LogP contribution in [0.1, 0.15) is 32.6 Å². The molecule has 19 heavy (non-hydrogen) atoms. The van der Waals surface area contributed by atoms with Crippen LogP contribution in [0.3, 0.4) is 0 Å². The van der Waals surface area contributed by atoms with E-state index in [0.29, 0.717) is 30.5 Å². The van der Waals surface area contributed by atoms with E-state index in [2.05, 4.69) is 10.3 Å². The van der Waals surface area contributed by atoms with Gasteiger partial charge in [-0.2, -0.15) is 0 Å². The van der Waals surface area contributed by atoms with Gasteiger partial charge in [-0.15, -0.1) is 11.3 Å². The Bertz CT molecular complexity index is 461. The van der Waals surface area contributed by atoms with E-state index in [1.54, 1.807) is 10.3 Å². The van der Waals surface area contributed by atoms with Crippen molar-refractivity contribution in [2.75, 3.05) is 23.4 Å². The van der Waals surface area contributed by atoms with E-state index in [1.807, 2.05) is 6.92 Å². The summed E-state index contributed by atoms with van der Waals surface area (Å²) in [5.41, 5.74) is 0. The molecule has 1 aromatic rings. The molecule has 0 aromatic carbocycles. The van der Waals surface area contributed by atoms with E-state index in [4.69, 9.17) is 4.74 Å². The van der Waals surface area contributed by atoms with Gasteiger partial charge in [-0.25, -0.2) is 9.78 Å². The highest BCUT2D eigenvalue weighted by Gasteiger charge is 2.24. The van der Waals surface area contributed by atoms with Crippen LogP contribution < -0.4 is 10.2 Å². The van der Waals surface area contributed by atoms with Gasteiger partial charge in [0.2, 0.25) is 5.91 Å². The van der Waals surface area contributed by atoms with Gasteiger partial charge in [0, 0.05) is 18.3 Å². The fraction of sp³-hybridized carbons (Fsp3) is 0.583. The number of thiazole rings is 1. The van der Waals surface area contributed by atoms with Crippen LogP contribution >= 0.6 is 11.3 Å². The first-order valence-corrected chi connectivity index (χ1v) is 7.28. The van der Waals surface area contributed by atoms with E-state index in [9.17, 15) is 9.59 Å². The summed E-state index contributed by atoms with van der Waals surface area (Å²) in [6.07, 6.45) is 2.75. The predicted octanol–water partition coefficient (Wildman–Crippen LogP) is 2.62. The minimum atomic E-state index is -0.498. The second kappa shape index (κ2) is 6.51. The molecule has 0 spiro atoms. The first-order valence-electron chi connectivity index (χ1n) is 6.40. The fourth-order valence-electron chi connectivity index (χ4n) is 1.77. The highest BCUT2D eigenvalue weighted by molar-refractivity contribution is 7.14. The quantitative estimate of drug-likeness (QED) is 0.843. The SMILES string of the molecule is CCCCOC(=O)Nc1nc(N2CCCC2=O)cs1. The topological polar surface area (TPSA) is 71.5 Å². The molecule has 1 saturated heterocycles. The summed E-state index contributed by atoms with van der Waals surface area (Å²) >= 11 is 1.29. The molecule has 1 fully saturated rings. The average molecular weight is 283 g/mol. The van der Waals surface area contributed by atoms with Crippen molar-refractivity contribution in [1.82, 2.24) is 4.98 Å². The van der Waals surface area contributed by atoms with Crippen LogP contribution in [0.5, 0.6) is 0 Å². The molecule has 0 radical (unpaired) electrons. The summed E-state index contributed by atoms with van der Waals surface area (Å²) < 4.78 is 4.98. The van der Waals surface area contributed by atoms with E-state index >= 15 is 0 Å². The number of carbonyl (C=O) groups excluding carboxylic acids is 2. The zero-order valence-corrected chi connectivity index (χ0v) is 11.7. The number of hydrogen-bond acceptors (Lipinski definition) is 5. The van der Waals surface area contributed by atoms with Crippen molar-refractivity contribution in [2.24, 2.45) is 0 Å². The summed E-state index contributed by atoms with van der Waals surface area (Å²) in [6.45, 7) is 3.13. The van der Waals surface area contributed by atoms with Crippen LogP contribution in [-0.2, 0) is 9.53 Å². The smallest absolute Gasteiger partial charge is 0.413 e. The van der Waals surface area contributed by atoms with Gasteiger partial charge < -0.3 is 4.74 Å². The van der Waals surface area contributed by atoms with Gasteiger partial charge in [0.1, 0.15) is 5.82 Å². The fourth-order valence-corrected chi connectivity index (χ4v) is 2.46. The van der Waals surface area contributed by atoms with Gasteiger partial charge in [0.25, 0.3) is 0 Å². The lowest BCUT2D eigenvalue weighted by atomic mass is 10.4. The van der Waals surface area contributed by atoms with Crippen molar-refractivity contribution in [2.45, 2.75) is 32.6 Å². The maximum absolute atomic E-state index is 11.6. The molecule has 6 nitrogen and oxygen atoms in total. The van der Waals surface area contributed by atoms with Crippen molar-refractivity contribution in [3.8, 4) is 0 Å². The molecular weight excluding hydrogens is 266 g/mol.